The molecule has 0 unspecified atom stereocenters. The fourth-order valence-electron chi connectivity index (χ4n) is 1.70. The zero-order chi connectivity index (χ0) is 12.3. The number of hydrogen-bond donors (Lipinski definition) is 2. The lowest BCUT2D eigenvalue weighted by molar-refractivity contribution is 0.199. The summed E-state index contributed by atoms with van der Waals surface area (Å²) in [6, 6.07) is 3.84. The van der Waals surface area contributed by atoms with Gasteiger partial charge in [-0.1, -0.05) is 11.6 Å². The lowest BCUT2D eigenvalue weighted by atomic mass is 10.2. The van der Waals surface area contributed by atoms with Crippen molar-refractivity contribution in [3.05, 3.63) is 28.5 Å². The van der Waals surface area contributed by atoms with Crippen molar-refractivity contribution in [3.8, 4) is 0 Å². The van der Waals surface area contributed by atoms with Crippen molar-refractivity contribution in [1.29, 1.82) is 0 Å². The molecule has 1 aromatic heterocycles. The lowest BCUT2D eigenvalue weighted by Gasteiger charge is -2.00. The van der Waals surface area contributed by atoms with Crippen LogP contribution in [0.3, 0.4) is 0 Å². The number of nitrogens with one attached hydrogen (secondary N) is 2. The molecular formula is C12H16ClN3O. The van der Waals surface area contributed by atoms with Gasteiger partial charge in [-0.2, -0.15) is 0 Å². The van der Waals surface area contributed by atoms with Crippen LogP contribution in [0.2, 0.25) is 5.02 Å². The fourth-order valence-corrected chi connectivity index (χ4v) is 1.86. The quantitative estimate of drug-likeness (QED) is 0.804. The number of ether oxygens (including phenoxy) is 1. The van der Waals surface area contributed by atoms with Crippen LogP contribution in [-0.4, -0.2) is 30.2 Å². The Labute approximate surface area is 105 Å². The average Bonchev–Trinajstić information content (AvgIpc) is 2.74. The maximum Gasteiger partial charge on any atom is 0.121 e. The Hall–Kier alpha value is -1.10. The Morgan fingerprint density at radius 1 is 1.47 bits per heavy atom. The molecule has 0 bridgehead atoms. The van der Waals surface area contributed by atoms with Gasteiger partial charge in [0.15, 0.2) is 0 Å². The number of fused-ring (bicyclic) bond motifs is 1. The van der Waals surface area contributed by atoms with Crippen LogP contribution in [0, 0.1) is 6.92 Å². The van der Waals surface area contributed by atoms with Crippen molar-refractivity contribution in [3.63, 3.8) is 0 Å². The zero-order valence-corrected chi connectivity index (χ0v) is 10.8. The Balaban J connectivity index is 2.12. The molecule has 1 heterocycles. The number of aromatic amines is 1. The van der Waals surface area contributed by atoms with Crippen LogP contribution in [0.5, 0.6) is 0 Å². The molecule has 5 heteroatoms. The van der Waals surface area contributed by atoms with Gasteiger partial charge in [0.25, 0.3) is 0 Å². The van der Waals surface area contributed by atoms with Crippen molar-refractivity contribution in [2.75, 3.05) is 20.3 Å². The molecule has 0 amide bonds. The largest absolute Gasteiger partial charge is 0.383 e. The van der Waals surface area contributed by atoms with Crippen LogP contribution in [0.25, 0.3) is 11.0 Å². The average molecular weight is 254 g/mol. The van der Waals surface area contributed by atoms with Crippen LogP contribution in [-0.2, 0) is 11.3 Å². The smallest absolute Gasteiger partial charge is 0.121 e. The molecule has 0 atom stereocenters. The van der Waals surface area contributed by atoms with Crippen molar-refractivity contribution in [2.24, 2.45) is 0 Å². The van der Waals surface area contributed by atoms with E-state index in [1.54, 1.807) is 7.11 Å². The third-order valence-corrected chi connectivity index (χ3v) is 3.08. The molecule has 0 radical (unpaired) electrons. The minimum absolute atomic E-state index is 0.699. The maximum atomic E-state index is 6.06. The summed E-state index contributed by atoms with van der Waals surface area (Å²) in [4.78, 5) is 7.79. The highest BCUT2D eigenvalue weighted by atomic mass is 35.5. The van der Waals surface area contributed by atoms with E-state index >= 15 is 0 Å². The van der Waals surface area contributed by atoms with Gasteiger partial charge in [-0.15, -0.1) is 0 Å². The van der Waals surface area contributed by atoms with Gasteiger partial charge >= 0.3 is 0 Å². The second-order valence-corrected chi connectivity index (χ2v) is 4.33. The van der Waals surface area contributed by atoms with Gasteiger partial charge in [-0.3, -0.25) is 0 Å². The maximum absolute atomic E-state index is 6.06. The van der Waals surface area contributed by atoms with Gasteiger partial charge in [0, 0.05) is 18.7 Å². The van der Waals surface area contributed by atoms with Gasteiger partial charge in [0.05, 0.1) is 24.2 Å². The number of halogens is 1. The summed E-state index contributed by atoms with van der Waals surface area (Å²) in [5, 5.41) is 4.00. The molecule has 1 aromatic carbocycles. The first-order valence-electron chi connectivity index (χ1n) is 5.55. The molecule has 92 valence electrons. The Morgan fingerprint density at radius 3 is 3.06 bits per heavy atom. The van der Waals surface area contributed by atoms with E-state index in [1.165, 1.54) is 0 Å². The summed E-state index contributed by atoms with van der Waals surface area (Å²) in [6.07, 6.45) is 0. The fraction of sp³-hybridized carbons (Fsp3) is 0.417. The third kappa shape index (κ3) is 2.77. The Kier molecular flexibility index (Phi) is 3.99. The standard InChI is InChI=1S/C12H16ClN3O/c1-8-9(13)3-4-10-12(8)16-11(15-10)7-14-5-6-17-2/h3-4,14H,5-7H2,1-2H3,(H,15,16). The molecular weight excluding hydrogens is 238 g/mol. The molecule has 0 aliphatic heterocycles. The normalized spacial score (nSPS) is 11.2. The topological polar surface area (TPSA) is 49.9 Å². The summed E-state index contributed by atoms with van der Waals surface area (Å²) >= 11 is 6.06. The van der Waals surface area contributed by atoms with Gasteiger partial charge in [-0.25, -0.2) is 4.98 Å². The van der Waals surface area contributed by atoms with E-state index in [4.69, 9.17) is 16.3 Å². The number of hydrogen-bond acceptors (Lipinski definition) is 3. The highest BCUT2D eigenvalue weighted by Crippen LogP contribution is 2.23. The number of methoxy groups -OCH3 is 1. The molecule has 0 saturated heterocycles. The van der Waals surface area contributed by atoms with E-state index in [2.05, 4.69) is 15.3 Å². The molecule has 17 heavy (non-hydrogen) atoms. The molecule has 0 fully saturated rings. The Bertz CT molecular complexity index is 510. The molecule has 0 spiro atoms. The molecule has 2 rings (SSSR count). The number of benzene rings is 1. The summed E-state index contributed by atoms with van der Waals surface area (Å²) in [5.41, 5.74) is 2.99. The summed E-state index contributed by atoms with van der Waals surface area (Å²) in [5.74, 6) is 0.918. The van der Waals surface area contributed by atoms with Gasteiger partial charge in [-0.05, 0) is 24.6 Å². The van der Waals surface area contributed by atoms with Crippen LogP contribution in [0.4, 0.5) is 0 Å². The van der Waals surface area contributed by atoms with E-state index in [-0.39, 0.29) is 0 Å². The van der Waals surface area contributed by atoms with E-state index in [1.807, 2.05) is 19.1 Å². The molecule has 0 saturated carbocycles. The second kappa shape index (κ2) is 5.49. The molecule has 0 aliphatic carbocycles. The minimum Gasteiger partial charge on any atom is -0.383 e. The number of imidazole rings is 1. The van der Waals surface area contributed by atoms with Crippen LogP contribution < -0.4 is 5.32 Å². The van der Waals surface area contributed by atoms with Crippen molar-refractivity contribution >= 4 is 22.6 Å². The SMILES string of the molecule is COCCNCc1nc2c(C)c(Cl)ccc2[nH]1. The predicted molar refractivity (Wildman–Crippen MR) is 69.4 cm³/mol. The number of aromatic nitrogens is 2. The highest BCUT2D eigenvalue weighted by molar-refractivity contribution is 6.32. The zero-order valence-electron chi connectivity index (χ0n) is 10.0. The minimum atomic E-state index is 0.699. The highest BCUT2D eigenvalue weighted by Gasteiger charge is 2.07. The molecule has 2 N–H and O–H groups in total. The van der Waals surface area contributed by atoms with E-state index in [9.17, 15) is 0 Å². The van der Waals surface area contributed by atoms with Crippen LogP contribution in [0.1, 0.15) is 11.4 Å². The first-order chi connectivity index (χ1) is 8.22. The van der Waals surface area contributed by atoms with Gasteiger partial charge in [0.1, 0.15) is 5.82 Å². The molecule has 0 aliphatic rings. The van der Waals surface area contributed by atoms with E-state index < -0.39 is 0 Å². The number of nitrogens with zero attached hydrogens (tertiary/aromatic N) is 1. The van der Waals surface area contributed by atoms with Crippen molar-refractivity contribution < 1.29 is 4.74 Å². The first-order valence-corrected chi connectivity index (χ1v) is 5.93. The van der Waals surface area contributed by atoms with Gasteiger partial charge in [0.2, 0.25) is 0 Å². The number of aryl methyl sites for hydroxylation is 1. The van der Waals surface area contributed by atoms with E-state index in [0.717, 1.165) is 34.0 Å². The summed E-state index contributed by atoms with van der Waals surface area (Å²) in [7, 11) is 1.69. The Morgan fingerprint density at radius 2 is 2.29 bits per heavy atom. The van der Waals surface area contributed by atoms with Crippen LogP contribution in [0.15, 0.2) is 12.1 Å². The second-order valence-electron chi connectivity index (χ2n) is 3.92. The number of H-pyrrole nitrogens is 1. The molecule has 4 nitrogen and oxygen atoms in total. The number of rotatable bonds is 5. The first kappa shape index (κ1) is 12.4. The van der Waals surface area contributed by atoms with Crippen molar-refractivity contribution in [2.45, 2.75) is 13.5 Å². The molecule has 2 aromatic rings. The summed E-state index contributed by atoms with van der Waals surface area (Å²) in [6.45, 7) is 4.20. The van der Waals surface area contributed by atoms with E-state index in [0.29, 0.717) is 13.2 Å². The summed E-state index contributed by atoms with van der Waals surface area (Å²) < 4.78 is 4.96. The monoisotopic (exact) mass is 253 g/mol. The van der Waals surface area contributed by atoms with Gasteiger partial charge < -0.3 is 15.0 Å². The van der Waals surface area contributed by atoms with Crippen molar-refractivity contribution in [1.82, 2.24) is 15.3 Å². The lowest BCUT2D eigenvalue weighted by Crippen LogP contribution is -2.19. The predicted octanol–water partition coefficient (Wildman–Crippen LogP) is 2.26. The van der Waals surface area contributed by atoms with Crippen LogP contribution >= 0.6 is 11.6 Å². The third-order valence-electron chi connectivity index (χ3n) is 2.67.